The lowest BCUT2D eigenvalue weighted by atomic mass is 9.95. The van der Waals surface area contributed by atoms with E-state index in [1.165, 1.54) is 12.1 Å². The molecule has 0 radical (unpaired) electrons. The van der Waals surface area contributed by atoms with E-state index in [4.69, 9.17) is 5.11 Å². The summed E-state index contributed by atoms with van der Waals surface area (Å²) in [6, 6.07) is 5.97. The Morgan fingerprint density at radius 3 is 2.15 bits per heavy atom. The van der Waals surface area contributed by atoms with Gasteiger partial charge in [0.1, 0.15) is 0 Å². The Morgan fingerprint density at radius 1 is 1.20 bits per heavy atom. The Bertz CT molecular complexity index is 533. The van der Waals surface area contributed by atoms with Crippen LogP contribution in [0.2, 0.25) is 0 Å². The molecule has 1 amide bonds. The molecule has 0 unspecified atom stereocenters. The average Bonchev–Trinajstić information content (AvgIpc) is 3.16. The molecular formula is C13H12F3NO3. The topological polar surface area (TPSA) is 66.4 Å². The molecule has 0 bridgehead atoms. The van der Waals surface area contributed by atoms with E-state index < -0.39 is 23.5 Å². The van der Waals surface area contributed by atoms with Gasteiger partial charge in [-0.25, -0.2) is 4.79 Å². The molecule has 1 aromatic carbocycles. The van der Waals surface area contributed by atoms with Gasteiger partial charge < -0.3 is 10.4 Å². The minimum Gasteiger partial charge on any atom is -0.478 e. The molecule has 1 saturated carbocycles. The quantitative estimate of drug-likeness (QED) is 0.891. The number of rotatable bonds is 4. The first kappa shape index (κ1) is 14.4. The van der Waals surface area contributed by atoms with Crippen LogP contribution in [0.3, 0.4) is 0 Å². The van der Waals surface area contributed by atoms with Gasteiger partial charge in [0.05, 0.1) is 5.56 Å². The maximum Gasteiger partial charge on any atom is 0.471 e. The second-order valence-electron chi connectivity index (χ2n) is 4.84. The standard InChI is InChI=1S/C13H12F3NO3/c14-13(15,16)11(20)17-7-12(5-6-12)9-3-1-8(2-4-9)10(18)19/h1-4H,5-7H2,(H,17,20)(H,18,19). The second-order valence-corrected chi connectivity index (χ2v) is 4.84. The van der Waals surface area contributed by atoms with Gasteiger partial charge in [-0.3, -0.25) is 4.79 Å². The molecule has 4 nitrogen and oxygen atoms in total. The molecular weight excluding hydrogens is 275 g/mol. The van der Waals surface area contributed by atoms with Crippen LogP contribution in [0.25, 0.3) is 0 Å². The van der Waals surface area contributed by atoms with Crippen LogP contribution in [-0.4, -0.2) is 29.7 Å². The summed E-state index contributed by atoms with van der Waals surface area (Å²) in [5.41, 5.74) is 0.353. The SMILES string of the molecule is O=C(O)c1ccc(C2(CNC(=O)C(F)(F)F)CC2)cc1. The highest BCUT2D eigenvalue weighted by Crippen LogP contribution is 2.47. The first-order chi connectivity index (χ1) is 9.24. The molecule has 0 aliphatic heterocycles. The monoisotopic (exact) mass is 287 g/mol. The summed E-state index contributed by atoms with van der Waals surface area (Å²) < 4.78 is 36.3. The molecule has 0 aromatic heterocycles. The van der Waals surface area contributed by atoms with E-state index in [-0.39, 0.29) is 12.1 Å². The molecule has 7 heteroatoms. The largest absolute Gasteiger partial charge is 0.478 e. The molecule has 2 rings (SSSR count). The van der Waals surface area contributed by atoms with Crippen LogP contribution in [0, 0.1) is 0 Å². The van der Waals surface area contributed by atoms with Gasteiger partial charge in [-0.1, -0.05) is 12.1 Å². The lowest BCUT2D eigenvalue weighted by molar-refractivity contribution is -0.173. The van der Waals surface area contributed by atoms with Crippen molar-refractivity contribution in [3.05, 3.63) is 35.4 Å². The molecule has 1 fully saturated rings. The number of aromatic carboxylic acids is 1. The van der Waals surface area contributed by atoms with E-state index >= 15 is 0 Å². The van der Waals surface area contributed by atoms with Crippen molar-refractivity contribution in [2.45, 2.75) is 24.4 Å². The van der Waals surface area contributed by atoms with Gasteiger partial charge in [-0.15, -0.1) is 0 Å². The van der Waals surface area contributed by atoms with Gasteiger partial charge >= 0.3 is 18.1 Å². The molecule has 0 spiro atoms. The molecule has 0 atom stereocenters. The van der Waals surface area contributed by atoms with Crippen molar-refractivity contribution >= 4 is 11.9 Å². The number of carbonyl (C=O) groups excluding carboxylic acids is 1. The second kappa shape index (κ2) is 4.81. The van der Waals surface area contributed by atoms with Crippen LogP contribution in [0.1, 0.15) is 28.8 Å². The number of carbonyl (C=O) groups is 2. The van der Waals surface area contributed by atoms with Crippen molar-refractivity contribution in [1.82, 2.24) is 5.32 Å². The molecule has 108 valence electrons. The van der Waals surface area contributed by atoms with Crippen molar-refractivity contribution in [2.24, 2.45) is 0 Å². The van der Waals surface area contributed by atoms with Crippen molar-refractivity contribution in [3.8, 4) is 0 Å². The van der Waals surface area contributed by atoms with Crippen molar-refractivity contribution in [1.29, 1.82) is 0 Å². The zero-order valence-corrected chi connectivity index (χ0v) is 10.3. The lowest BCUT2D eigenvalue weighted by Gasteiger charge is -2.17. The number of hydrogen-bond acceptors (Lipinski definition) is 2. The lowest BCUT2D eigenvalue weighted by Crippen LogP contribution is -2.40. The van der Waals surface area contributed by atoms with Gasteiger partial charge in [0.15, 0.2) is 0 Å². The van der Waals surface area contributed by atoms with E-state index in [1.54, 1.807) is 12.1 Å². The fraction of sp³-hybridized carbons (Fsp3) is 0.385. The Labute approximate surface area is 112 Å². The van der Waals surface area contributed by atoms with Gasteiger partial charge in [0.2, 0.25) is 0 Å². The van der Waals surface area contributed by atoms with Gasteiger partial charge in [-0.2, -0.15) is 13.2 Å². The number of amides is 1. The molecule has 0 heterocycles. The summed E-state index contributed by atoms with van der Waals surface area (Å²) in [4.78, 5) is 21.5. The normalized spacial score (nSPS) is 16.6. The molecule has 0 saturated heterocycles. The summed E-state index contributed by atoms with van der Waals surface area (Å²) in [7, 11) is 0. The van der Waals surface area contributed by atoms with E-state index in [1.807, 2.05) is 5.32 Å². The number of hydrogen-bond donors (Lipinski definition) is 2. The first-order valence-electron chi connectivity index (χ1n) is 5.93. The molecule has 20 heavy (non-hydrogen) atoms. The van der Waals surface area contributed by atoms with Crippen LogP contribution in [0.5, 0.6) is 0 Å². The number of carboxylic acids is 1. The predicted octanol–water partition coefficient (Wildman–Crippen LogP) is 2.09. The third-order valence-electron chi connectivity index (χ3n) is 3.44. The summed E-state index contributed by atoms with van der Waals surface area (Å²) in [5, 5.41) is 10.7. The van der Waals surface area contributed by atoms with Gasteiger partial charge in [0.25, 0.3) is 0 Å². The van der Waals surface area contributed by atoms with E-state index in [2.05, 4.69) is 0 Å². The molecule has 1 aliphatic rings. The Hall–Kier alpha value is -2.05. The number of carboxylic acid groups (broad SMARTS) is 1. The maximum atomic E-state index is 12.1. The number of benzene rings is 1. The Kier molecular flexibility index (Phi) is 3.45. The highest BCUT2D eigenvalue weighted by molar-refractivity contribution is 5.87. The molecule has 1 aliphatic carbocycles. The predicted molar refractivity (Wildman–Crippen MR) is 63.4 cm³/mol. The third kappa shape index (κ3) is 2.92. The van der Waals surface area contributed by atoms with Crippen LogP contribution in [0.15, 0.2) is 24.3 Å². The summed E-state index contributed by atoms with van der Waals surface area (Å²) in [5.74, 6) is -3.02. The average molecular weight is 287 g/mol. The zero-order valence-electron chi connectivity index (χ0n) is 10.3. The number of alkyl halides is 3. The minimum absolute atomic E-state index is 0.0994. The first-order valence-corrected chi connectivity index (χ1v) is 5.93. The summed E-state index contributed by atoms with van der Waals surface area (Å²) >= 11 is 0. The smallest absolute Gasteiger partial charge is 0.471 e. The van der Waals surface area contributed by atoms with E-state index in [9.17, 15) is 22.8 Å². The minimum atomic E-state index is -4.89. The Morgan fingerprint density at radius 2 is 1.75 bits per heavy atom. The van der Waals surface area contributed by atoms with Crippen molar-refractivity contribution < 1.29 is 27.9 Å². The highest BCUT2D eigenvalue weighted by atomic mass is 19.4. The Balaban J connectivity index is 2.04. The van der Waals surface area contributed by atoms with Crippen molar-refractivity contribution in [3.63, 3.8) is 0 Å². The highest BCUT2D eigenvalue weighted by Gasteiger charge is 2.46. The number of halogens is 3. The molecule has 2 N–H and O–H groups in total. The van der Waals surface area contributed by atoms with Crippen molar-refractivity contribution in [2.75, 3.05) is 6.54 Å². The fourth-order valence-electron chi connectivity index (χ4n) is 2.03. The fourth-order valence-corrected chi connectivity index (χ4v) is 2.03. The van der Waals surface area contributed by atoms with Gasteiger partial charge in [0, 0.05) is 12.0 Å². The van der Waals surface area contributed by atoms with Crippen LogP contribution in [0.4, 0.5) is 13.2 Å². The third-order valence-corrected chi connectivity index (χ3v) is 3.44. The van der Waals surface area contributed by atoms with Gasteiger partial charge in [-0.05, 0) is 30.5 Å². The zero-order chi connectivity index (χ0) is 15.0. The van der Waals surface area contributed by atoms with Crippen LogP contribution >= 0.6 is 0 Å². The van der Waals surface area contributed by atoms with E-state index in [0.717, 1.165) is 5.56 Å². The summed E-state index contributed by atoms with van der Waals surface area (Å²) in [6.07, 6.45) is -3.56. The summed E-state index contributed by atoms with van der Waals surface area (Å²) in [6.45, 7) is -0.0994. The number of nitrogens with one attached hydrogen (secondary N) is 1. The van der Waals surface area contributed by atoms with Crippen LogP contribution in [-0.2, 0) is 10.2 Å². The molecule has 1 aromatic rings. The van der Waals surface area contributed by atoms with Crippen LogP contribution < -0.4 is 5.32 Å². The van der Waals surface area contributed by atoms with E-state index in [0.29, 0.717) is 12.8 Å². The maximum absolute atomic E-state index is 12.1.